The third-order valence-electron chi connectivity index (χ3n) is 2.59. The van der Waals surface area contributed by atoms with E-state index in [0.717, 1.165) is 0 Å². The molecule has 2 aromatic carbocycles. The second kappa shape index (κ2) is 5.38. The van der Waals surface area contributed by atoms with Gasteiger partial charge in [0.2, 0.25) is 0 Å². The monoisotopic (exact) mass is 239 g/mol. The summed E-state index contributed by atoms with van der Waals surface area (Å²) in [5.74, 6) is 0. The van der Waals surface area contributed by atoms with E-state index in [0.29, 0.717) is 22.3 Å². The first-order chi connectivity index (χ1) is 8.74. The van der Waals surface area contributed by atoms with E-state index in [-0.39, 0.29) is 0 Å². The van der Waals surface area contributed by atoms with Crippen LogP contribution in [0.15, 0.2) is 53.6 Å². The molecule has 2 aromatic rings. The SMILES string of the molecule is [N-]=[N+]=Nc1ccccc1-c1ccccc1B(O)O. The Hall–Kier alpha value is -2.27. The highest BCUT2D eigenvalue weighted by atomic mass is 16.4. The van der Waals surface area contributed by atoms with E-state index in [1.54, 1.807) is 48.5 Å². The van der Waals surface area contributed by atoms with Gasteiger partial charge in [0.15, 0.2) is 0 Å². The molecule has 0 atom stereocenters. The number of nitrogens with zero attached hydrogens (tertiary/aromatic N) is 3. The largest absolute Gasteiger partial charge is 0.489 e. The summed E-state index contributed by atoms with van der Waals surface area (Å²) in [5, 5.41) is 22.3. The molecule has 2 N–H and O–H groups in total. The molecule has 0 spiro atoms. The Balaban J connectivity index is 2.65. The highest BCUT2D eigenvalue weighted by Gasteiger charge is 2.17. The van der Waals surface area contributed by atoms with E-state index < -0.39 is 7.12 Å². The number of rotatable bonds is 3. The quantitative estimate of drug-likeness (QED) is 0.371. The summed E-state index contributed by atoms with van der Waals surface area (Å²) in [5.41, 5.74) is 10.7. The average molecular weight is 239 g/mol. The van der Waals surface area contributed by atoms with Gasteiger partial charge in [0.05, 0.1) is 0 Å². The molecule has 88 valence electrons. The standard InChI is InChI=1S/C12H10BN3O2/c14-16-15-12-8-4-2-6-10(12)9-5-1-3-7-11(9)13(17)18/h1-8,17-18H. The Morgan fingerprint density at radius 1 is 0.944 bits per heavy atom. The lowest BCUT2D eigenvalue weighted by Gasteiger charge is -2.10. The second-order valence-electron chi connectivity index (χ2n) is 3.67. The minimum atomic E-state index is -1.57. The molecule has 18 heavy (non-hydrogen) atoms. The molecule has 0 unspecified atom stereocenters. The lowest BCUT2D eigenvalue weighted by Crippen LogP contribution is -2.31. The topological polar surface area (TPSA) is 89.2 Å². The smallest absolute Gasteiger partial charge is 0.423 e. The Morgan fingerprint density at radius 3 is 2.22 bits per heavy atom. The van der Waals surface area contributed by atoms with Gasteiger partial charge in [-0.15, -0.1) is 0 Å². The van der Waals surface area contributed by atoms with Gasteiger partial charge in [0.1, 0.15) is 0 Å². The van der Waals surface area contributed by atoms with E-state index in [9.17, 15) is 10.0 Å². The third kappa shape index (κ3) is 2.36. The van der Waals surface area contributed by atoms with Crippen molar-refractivity contribution in [3.05, 3.63) is 59.0 Å². The minimum absolute atomic E-state index is 0.373. The first-order valence-electron chi connectivity index (χ1n) is 5.33. The third-order valence-corrected chi connectivity index (χ3v) is 2.59. The molecule has 5 nitrogen and oxygen atoms in total. The van der Waals surface area contributed by atoms with Crippen molar-refractivity contribution in [2.75, 3.05) is 0 Å². The fraction of sp³-hybridized carbons (Fsp3) is 0. The predicted molar refractivity (Wildman–Crippen MR) is 70.5 cm³/mol. The van der Waals surface area contributed by atoms with Crippen LogP contribution in [0.2, 0.25) is 0 Å². The van der Waals surface area contributed by atoms with Gasteiger partial charge in [-0.1, -0.05) is 53.6 Å². The van der Waals surface area contributed by atoms with Crippen molar-refractivity contribution in [1.82, 2.24) is 0 Å². The molecule has 2 rings (SSSR count). The molecule has 0 aromatic heterocycles. The fourth-order valence-electron chi connectivity index (χ4n) is 1.80. The Morgan fingerprint density at radius 2 is 1.56 bits per heavy atom. The molecule has 6 heteroatoms. The van der Waals surface area contributed by atoms with E-state index in [1.165, 1.54) is 0 Å². The molecule has 0 aliphatic heterocycles. The Bertz CT molecular complexity index is 610. The van der Waals surface area contributed by atoms with Crippen LogP contribution in [0.5, 0.6) is 0 Å². The van der Waals surface area contributed by atoms with Gasteiger partial charge in [-0.2, -0.15) is 0 Å². The van der Waals surface area contributed by atoms with Crippen molar-refractivity contribution in [3.8, 4) is 11.1 Å². The lowest BCUT2D eigenvalue weighted by molar-refractivity contribution is 0.426. The van der Waals surface area contributed by atoms with Gasteiger partial charge in [0.25, 0.3) is 0 Å². The summed E-state index contributed by atoms with van der Waals surface area (Å²) in [6, 6.07) is 13.9. The zero-order chi connectivity index (χ0) is 13.0. The Kier molecular flexibility index (Phi) is 3.64. The van der Waals surface area contributed by atoms with E-state index in [1.807, 2.05) is 0 Å². The van der Waals surface area contributed by atoms with Crippen LogP contribution < -0.4 is 5.46 Å². The van der Waals surface area contributed by atoms with Gasteiger partial charge in [-0.05, 0) is 22.1 Å². The number of benzene rings is 2. The van der Waals surface area contributed by atoms with Crippen LogP contribution in [-0.2, 0) is 0 Å². The number of azide groups is 1. The van der Waals surface area contributed by atoms with Crippen molar-refractivity contribution < 1.29 is 10.0 Å². The summed E-state index contributed by atoms with van der Waals surface area (Å²) in [4.78, 5) is 2.77. The molecule has 0 amide bonds. The first kappa shape index (κ1) is 12.2. The van der Waals surface area contributed by atoms with Gasteiger partial charge >= 0.3 is 7.12 Å². The Labute approximate surface area is 104 Å². The normalized spacial score (nSPS) is 9.67. The fourth-order valence-corrected chi connectivity index (χ4v) is 1.80. The maximum atomic E-state index is 9.34. The zero-order valence-corrected chi connectivity index (χ0v) is 9.43. The molecular formula is C12H10BN3O2. The van der Waals surface area contributed by atoms with Crippen LogP contribution >= 0.6 is 0 Å². The van der Waals surface area contributed by atoms with Crippen molar-refractivity contribution in [2.45, 2.75) is 0 Å². The average Bonchev–Trinajstić information content (AvgIpc) is 2.40. The zero-order valence-electron chi connectivity index (χ0n) is 9.43. The minimum Gasteiger partial charge on any atom is -0.423 e. The van der Waals surface area contributed by atoms with Gasteiger partial charge < -0.3 is 10.0 Å². The van der Waals surface area contributed by atoms with Crippen LogP contribution in [0.1, 0.15) is 0 Å². The summed E-state index contributed by atoms with van der Waals surface area (Å²) in [7, 11) is -1.57. The van der Waals surface area contributed by atoms with Crippen molar-refractivity contribution in [1.29, 1.82) is 0 Å². The molecule has 0 aliphatic rings. The van der Waals surface area contributed by atoms with Gasteiger partial charge in [-0.25, -0.2) is 0 Å². The highest BCUT2D eigenvalue weighted by molar-refractivity contribution is 6.60. The molecular weight excluding hydrogens is 229 g/mol. The molecule has 0 radical (unpaired) electrons. The van der Waals surface area contributed by atoms with Crippen LogP contribution in [0.25, 0.3) is 21.6 Å². The summed E-state index contributed by atoms with van der Waals surface area (Å²) >= 11 is 0. The highest BCUT2D eigenvalue weighted by Crippen LogP contribution is 2.29. The van der Waals surface area contributed by atoms with Crippen LogP contribution in [0.4, 0.5) is 5.69 Å². The second-order valence-corrected chi connectivity index (χ2v) is 3.67. The van der Waals surface area contributed by atoms with Gasteiger partial charge in [-0.3, -0.25) is 0 Å². The van der Waals surface area contributed by atoms with Gasteiger partial charge in [0, 0.05) is 10.6 Å². The van der Waals surface area contributed by atoms with Crippen molar-refractivity contribution >= 4 is 18.3 Å². The van der Waals surface area contributed by atoms with E-state index in [2.05, 4.69) is 10.0 Å². The summed E-state index contributed by atoms with van der Waals surface area (Å²) in [6.07, 6.45) is 0. The maximum Gasteiger partial charge on any atom is 0.489 e. The van der Waals surface area contributed by atoms with Crippen LogP contribution in [-0.4, -0.2) is 17.2 Å². The van der Waals surface area contributed by atoms with Crippen LogP contribution in [0.3, 0.4) is 0 Å². The molecule has 0 saturated heterocycles. The molecule has 0 heterocycles. The first-order valence-corrected chi connectivity index (χ1v) is 5.33. The van der Waals surface area contributed by atoms with E-state index >= 15 is 0 Å². The summed E-state index contributed by atoms with van der Waals surface area (Å²) < 4.78 is 0. The predicted octanol–water partition coefficient (Wildman–Crippen LogP) is 1.98. The lowest BCUT2D eigenvalue weighted by atomic mass is 9.75. The van der Waals surface area contributed by atoms with Crippen LogP contribution in [0, 0.1) is 0 Å². The number of hydrogen-bond acceptors (Lipinski definition) is 3. The molecule has 0 aliphatic carbocycles. The van der Waals surface area contributed by atoms with E-state index in [4.69, 9.17) is 5.53 Å². The maximum absolute atomic E-state index is 9.34. The number of hydrogen-bond donors (Lipinski definition) is 2. The molecule has 0 saturated carbocycles. The molecule has 0 bridgehead atoms. The summed E-state index contributed by atoms with van der Waals surface area (Å²) in [6.45, 7) is 0. The van der Waals surface area contributed by atoms with Crippen molar-refractivity contribution in [2.24, 2.45) is 5.11 Å². The van der Waals surface area contributed by atoms with Crippen molar-refractivity contribution in [3.63, 3.8) is 0 Å². The molecule has 0 fully saturated rings.